The van der Waals surface area contributed by atoms with E-state index in [1.165, 1.54) is 38.5 Å². The Labute approximate surface area is 142 Å². The minimum atomic E-state index is 0.00337. The number of rotatable bonds is 0. The van der Waals surface area contributed by atoms with Crippen molar-refractivity contribution in [2.75, 3.05) is 0 Å². The zero-order valence-electron chi connectivity index (χ0n) is 13.3. The van der Waals surface area contributed by atoms with Crippen molar-refractivity contribution in [2.45, 2.75) is 69.1 Å². The predicted molar refractivity (Wildman–Crippen MR) is 94.5 cm³/mol. The third-order valence-electron chi connectivity index (χ3n) is 7.72. The van der Waals surface area contributed by atoms with E-state index in [9.17, 15) is 4.79 Å². The Morgan fingerprint density at radius 1 is 1.14 bits per heavy atom. The van der Waals surface area contributed by atoms with Gasteiger partial charge in [-0.15, -0.1) is 0 Å². The maximum atomic E-state index is 12.7. The first kappa shape index (κ1) is 14.7. The topological polar surface area (TPSA) is 17.1 Å². The van der Waals surface area contributed by atoms with Gasteiger partial charge in [0.25, 0.3) is 0 Å². The highest BCUT2D eigenvalue weighted by Gasteiger charge is 2.60. The average molecular weight is 398 g/mol. The van der Waals surface area contributed by atoms with E-state index in [1.807, 2.05) is 0 Å². The van der Waals surface area contributed by atoms with Crippen molar-refractivity contribution >= 4 is 28.4 Å². The van der Waals surface area contributed by atoms with Gasteiger partial charge in [-0.2, -0.15) is 0 Å². The second kappa shape index (κ2) is 4.82. The standard InChI is InChI=1S/C19H27IO/c1-18-9-4-3-5-12(18)6-7-13-14(18)8-10-19(2)15(13)11-16(20)17(19)21/h6,13-16H,3-5,7-11H2,1-2H3/t13-,14-,15+,16?,18+,19+/m1/s1. The molecule has 3 saturated carbocycles. The van der Waals surface area contributed by atoms with Gasteiger partial charge in [-0.1, -0.05) is 54.5 Å². The summed E-state index contributed by atoms with van der Waals surface area (Å²) in [7, 11) is 0. The first-order chi connectivity index (χ1) is 9.97. The number of hydrogen-bond acceptors (Lipinski definition) is 1. The number of fused-ring (bicyclic) bond motifs is 5. The van der Waals surface area contributed by atoms with Crippen LogP contribution in [0.5, 0.6) is 0 Å². The van der Waals surface area contributed by atoms with Crippen molar-refractivity contribution in [1.29, 1.82) is 0 Å². The molecule has 0 bridgehead atoms. The fourth-order valence-electron chi connectivity index (χ4n) is 6.45. The van der Waals surface area contributed by atoms with E-state index in [2.05, 4.69) is 42.5 Å². The summed E-state index contributed by atoms with van der Waals surface area (Å²) in [6.07, 6.45) is 13.0. The van der Waals surface area contributed by atoms with Gasteiger partial charge in [0, 0.05) is 5.41 Å². The Balaban J connectivity index is 1.71. The Morgan fingerprint density at radius 3 is 2.76 bits per heavy atom. The number of allylic oxidation sites excluding steroid dienone is 2. The summed E-state index contributed by atoms with van der Waals surface area (Å²) >= 11 is 2.41. The molecule has 0 aliphatic heterocycles. The lowest BCUT2D eigenvalue weighted by Crippen LogP contribution is -2.49. The summed E-state index contributed by atoms with van der Waals surface area (Å²) in [6, 6.07) is 0. The van der Waals surface area contributed by atoms with Crippen molar-refractivity contribution in [1.82, 2.24) is 0 Å². The first-order valence-corrected chi connectivity index (χ1v) is 10.1. The predicted octanol–water partition coefficient (Wildman–Crippen LogP) is 5.32. The number of carbonyl (C=O) groups excluding carboxylic acids is 1. The Bertz CT molecular complexity index is 510. The molecule has 0 heterocycles. The summed E-state index contributed by atoms with van der Waals surface area (Å²) in [5, 5.41) is 0. The van der Waals surface area contributed by atoms with E-state index in [0.717, 1.165) is 24.7 Å². The van der Waals surface area contributed by atoms with Crippen molar-refractivity contribution < 1.29 is 4.79 Å². The van der Waals surface area contributed by atoms with Crippen LogP contribution in [0.3, 0.4) is 0 Å². The molecule has 0 spiro atoms. The van der Waals surface area contributed by atoms with Crippen LogP contribution >= 0.6 is 22.6 Å². The zero-order chi connectivity index (χ0) is 14.8. The molecule has 0 amide bonds. The molecular weight excluding hydrogens is 371 g/mol. The number of alkyl halides is 1. The maximum absolute atomic E-state index is 12.7. The van der Waals surface area contributed by atoms with E-state index in [4.69, 9.17) is 0 Å². The van der Waals surface area contributed by atoms with Crippen LogP contribution in [0.25, 0.3) is 0 Å². The number of hydrogen-bond donors (Lipinski definition) is 0. The highest BCUT2D eigenvalue weighted by atomic mass is 127. The number of carbonyl (C=O) groups is 1. The summed E-state index contributed by atoms with van der Waals surface area (Å²) in [5.41, 5.74) is 2.24. The van der Waals surface area contributed by atoms with Gasteiger partial charge in [-0.05, 0) is 68.1 Å². The van der Waals surface area contributed by atoms with Crippen molar-refractivity contribution in [3.63, 3.8) is 0 Å². The van der Waals surface area contributed by atoms with Crippen LogP contribution in [0.15, 0.2) is 11.6 Å². The minimum Gasteiger partial charge on any atom is -0.298 e. The molecule has 6 atom stereocenters. The third-order valence-corrected chi connectivity index (χ3v) is 8.79. The van der Waals surface area contributed by atoms with Crippen LogP contribution in [0.4, 0.5) is 0 Å². The van der Waals surface area contributed by atoms with Crippen LogP contribution < -0.4 is 0 Å². The van der Waals surface area contributed by atoms with Gasteiger partial charge in [0.15, 0.2) is 5.78 Å². The molecule has 4 rings (SSSR count). The normalized spacial score (nSPS) is 52.7. The molecule has 1 nitrogen and oxygen atoms in total. The Kier molecular flexibility index (Phi) is 3.37. The maximum Gasteiger partial charge on any atom is 0.151 e. The number of halogens is 1. The lowest BCUT2D eigenvalue weighted by molar-refractivity contribution is -0.131. The lowest BCUT2D eigenvalue weighted by Gasteiger charge is -2.56. The van der Waals surface area contributed by atoms with Crippen LogP contribution in [-0.4, -0.2) is 9.71 Å². The van der Waals surface area contributed by atoms with Gasteiger partial charge < -0.3 is 0 Å². The van der Waals surface area contributed by atoms with Crippen LogP contribution in [0.1, 0.15) is 65.2 Å². The molecule has 3 fully saturated rings. The molecule has 0 radical (unpaired) electrons. The smallest absolute Gasteiger partial charge is 0.151 e. The van der Waals surface area contributed by atoms with Crippen molar-refractivity contribution in [3.05, 3.63) is 11.6 Å². The van der Waals surface area contributed by atoms with Crippen molar-refractivity contribution in [2.24, 2.45) is 28.6 Å². The quantitative estimate of drug-likeness (QED) is 0.307. The molecule has 0 aromatic rings. The van der Waals surface area contributed by atoms with Crippen LogP contribution in [-0.2, 0) is 4.79 Å². The van der Waals surface area contributed by atoms with Gasteiger partial charge in [0.1, 0.15) is 0 Å². The van der Waals surface area contributed by atoms with Gasteiger partial charge in [0.05, 0.1) is 3.92 Å². The molecule has 116 valence electrons. The first-order valence-electron chi connectivity index (χ1n) is 8.85. The largest absolute Gasteiger partial charge is 0.298 e. The summed E-state index contributed by atoms with van der Waals surface area (Å²) in [5.74, 6) is 2.85. The van der Waals surface area contributed by atoms with Crippen LogP contribution in [0, 0.1) is 28.6 Å². The van der Waals surface area contributed by atoms with Gasteiger partial charge in [0.2, 0.25) is 0 Å². The highest BCUT2D eigenvalue weighted by molar-refractivity contribution is 14.1. The van der Waals surface area contributed by atoms with Gasteiger partial charge in [-0.3, -0.25) is 4.79 Å². The lowest BCUT2D eigenvalue weighted by atomic mass is 9.48. The fourth-order valence-corrected chi connectivity index (χ4v) is 7.71. The highest BCUT2D eigenvalue weighted by Crippen LogP contribution is 2.64. The molecular formula is C19H27IO. The SMILES string of the molecule is C[C@]12CCCCC1=CC[C@@H]1[C@H]2CC[C@]2(C)C(=O)C(I)C[C@@H]12. The van der Waals surface area contributed by atoms with Gasteiger partial charge >= 0.3 is 0 Å². The van der Waals surface area contributed by atoms with E-state index in [-0.39, 0.29) is 9.34 Å². The molecule has 0 saturated heterocycles. The van der Waals surface area contributed by atoms with Crippen molar-refractivity contribution in [3.8, 4) is 0 Å². The molecule has 4 aliphatic rings. The summed E-state index contributed by atoms with van der Waals surface area (Å²) in [6.45, 7) is 4.84. The zero-order valence-corrected chi connectivity index (χ0v) is 15.5. The Morgan fingerprint density at radius 2 is 1.95 bits per heavy atom. The van der Waals surface area contributed by atoms with Crippen LogP contribution in [0.2, 0.25) is 0 Å². The molecule has 1 unspecified atom stereocenters. The minimum absolute atomic E-state index is 0.00337. The third kappa shape index (κ3) is 1.89. The molecule has 0 aromatic carbocycles. The van der Waals surface area contributed by atoms with E-state index >= 15 is 0 Å². The van der Waals surface area contributed by atoms with E-state index < -0.39 is 0 Å². The molecule has 0 aromatic heterocycles. The molecule has 0 N–H and O–H groups in total. The molecule has 4 aliphatic carbocycles. The number of ketones is 1. The summed E-state index contributed by atoms with van der Waals surface area (Å²) < 4.78 is 0.279. The molecule has 2 heteroatoms. The Hall–Kier alpha value is 0.140. The second-order valence-corrected chi connectivity index (χ2v) is 9.99. The van der Waals surface area contributed by atoms with E-state index in [0.29, 0.717) is 17.1 Å². The average Bonchev–Trinajstić information content (AvgIpc) is 2.70. The summed E-state index contributed by atoms with van der Waals surface area (Å²) in [4.78, 5) is 12.7. The second-order valence-electron chi connectivity index (χ2n) is 8.49. The fraction of sp³-hybridized carbons (Fsp3) is 0.842. The molecule has 21 heavy (non-hydrogen) atoms. The number of Topliss-reactive ketones (excluding diaryl/α,β-unsaturated/α-hetero) is 1. The van der Waals surface area contributed by atoms with Gasteiger partial charge in [-0.25, -0.2) is 0 Å². The monoisotopic (exact) mass is 398 g/mol. The van der Waals surface area contributed by atoms with E-state index in [1.54, 1.807) is 5.57 Å².